The Labute approximate surface area is 118 Å². The van der Waals surface area contributed by atoms with Crippen LogP contribution in [0.4, 0.5) is 0 Å². The number of fused-ring (bicyclic) bond motifs is 1. The average Bonchev–Trinajstić information content (AvgIpc) is 2.81. The van der Waals surface area contributed by atoms with E-state index in [2.05, 4.69) is 36.1 Å². The summed E-state index contributed by atoms with van der Waals surface area (Å²) in [7, 11) is 2.10. The zero-order valence-corrected chi connectivity index (χ0v) is 12.1. The molecule has 0 amide bonds. The number of rotatable bonds is 6. The fourth-order valence-electron chi connectivity index (χ4n) is 2.00. The molecule has 20 heavy (non-hydrogen) atoms. The molecule has 0 atom stereocenters. The average molecular weight is 276 g/mol. The van der Waals surface area contributed by atoms with Gasteiger partial charge in [-0.15, -0.1) is 5.10 Å². The summed E-state index contributed by atoms with van der Waals surface area (Å²) < 4.78 is 1.83. The third-order valence-electron chi connectivity index (χ3n) is 3.52. The second-order valence-corrected chi connectivity index (χ2v) is 5.25. The number of hydrogen-bond acceptors (Lipinski definition) is 4. The summed E-state index contributed by atoms with van der Waals surface area (Å²) in [4.78, 5) is 13.2. The van der Waals surface area contributed by atoms with Crippen molar-refractivity contribution >= 4 is 17.0 Å². The topological polar surface area (TPSA) is 71.2 Å². The molecule has 0 saturated heterocycles. The van der Waals surface area contributed by atoms with Crippen molar-refractivity contribution in [2.24, 2.45) is 0 Å². The SMILES string of the molecule is CC(C)N(C)CCCn1nnc2cc(C(=O)O)ccc21. The van der Waals surface area contributed by atoms with Gasteiger partial charge in [-0.05, 0) is 52.1 Å². The molecule has 0 aliphatic carbocycles. The van der Waals surface area contributed by atoms with Crippen molar-refractivity contribution in [2.45, 2.75) is 32.9 Å². The maximum Gasteiger partial charge on any atom is 0.335 e. The van der Waals surface area contributed by atoms with Crippen LogP contribution >= 0.6 is 0 Å². The molecule has 2 aromatic rings. The Morgan fingerprint density at radius 2 is 2.20 bits per heavy atom. The monoisotopic (exact) mass is 276 g/mol. The van der Waals surface area contributed by atoms with Crippen LogP contribution in [0.1, 0.15) is 30.6 Å². The molecule has 0 aliphatic rings. The van der Waals surface area contributed by atoms with Crippen LogP contribution < -0.4 is 0 Å². The largest absolute Gasteiger partial charge is 0.478 e. The molecule has 1 aromatic heterocycles. The van der Waals surface area contributed by atoms with Crippen molar-refractivity contribution in [3.63, 3.8) is 0 Å². The lowest BCUT2D eigenvalue weighted by Crippen LogP contribution is -2.28. The van der Waals surface area contributed by atoms with Crippen LogP contribution in [0.3, 0.4) is 0 Å². The Balaban J connectivity index is 2.06. The van der Waals surface area contributed by atoms with E-state index < -0.39 is 5.97 Å². The van der Waals surface area contributed by atoms with Crippen LogP contribution in [-0.4, -0.2) is 50.6 Å². The number of carboxylic acid groups (broad SMARTS) is 1. The molecule has 6 heteroatoms. The fourth-order valence-corrected chi connectivity index (χ4v) is 2.00. The van der Waals surface area contributed by atoms with E-state index in [-0.39, 0.29) is 5.56 Å². The Kier molecular flexibility index (Phi) is 4.34. The van der Waals surface area contributed by atoms with Gasteiger partial charge >= 0.3 is 5.97 Å². The third kappa shape index (κ3) is 3.14. The van der Waals surface area contributed by atoms with Gasteiger partial charge in [0.1, 0.15) is 5.52 Å². The van der Waals surface area contributed by atoms with Crippen LogP contribution in [0.15, 0.2) is 18.2 Å². The molecule has 108 valence electrons. The van der Waals surface area contributed by atoms with E-state index in [4.69, 9.17) is 5.11 Å². The highest BCUT2D eigenvalue weighted by Gasteiger charge is 2.09. The van der Waals surface area contributed by atoms with Crippen molar-refractivity contribution in [3.05, 3.63) is 23.8 Å². The van der Waals surface area contributed by atoms with Gasteiger partial charge in [0.15, 0.2) is 0 Å². The zero-order valence-electron chi connectivity index (χ0n) is 12.1. The summed E-state index contributed by atoms with van der Waals surface area (Å²) in [6.07, 6.45) is 0.980. The molecule has 2 rings (SSSR count). The Bertz CT molecular complexity index is 606. The van der Waals surface area contributed by atoms with Crippen molar-refractivity contribution in [1.82, 2.24) is 19.9 Å². The number of nitrogens with zero attached hydrogens (tertiary/aromatic N) is 4. The van der Waals surface area contributed by atoms with E-state index in [1.807, 2.05) is 4.68 Å². The fraction of sp³-hybridized carbons (Fsp3) is 0.500. The highest BCUT2D eigenvalue weighted by molar-refractivity contribution is 5.92. The van der Waals surface area contributed by atoms with Gasteiger partial charge in [-0.2, -0.15) is 0 Å². The molecule has 1 N–H and O–H groups in total. The van der Waals surface area contributed by atoms with Crippen molar-refractivity contribution < 1.29 is 9.90 Å². The minimum atomic E-state index is -0.944. The predicted octanol–water partition coefficient (Wildman–Crippen LogP) is 1.86. The normalized spacial score (nSPS) is 11.7. The van der Waals surface area contributed by atoms with E-state index in [9.17, 15) is 4.79 Å². The molecule has 1 heterocycles. The van der Waals surface area contributed by atoms with Gasteiger partial charge in [-0.1, -0.05) is 5.21 Å². The lowest BCUT2D eigenvalue weighted by atomic mass is 10.2. The number of aryl methyl sites for hydroxylation is 1. The van der Waals surface area contributed by atoms with Crippen molar-refractivity contribution in [1.29, 1.82) is 0 Å². The first-order valence-electron chi connectivity index (χ1n) is 6.76. The van der Waals surface area contributed by atoms with Crippen molar-refractivity contribution in [2.75, 3.05) is 13.6 Å². The highest BCUT2D eigenvalue weighted by Crippen LogP contribution is 2.14. The van der Waals surface area contributed by atoms with Gasteiger partial charge in [-0.3, -0.25) is 0 Å². The second-order valence-electron chi connectivity index (χ2n) is 5.25. The van der Waals surface area contributed by atoms with Crippen LogP contribution in [0.2, 0.25) is 0 Å². The van der Waals surface area contributed by atoms with Gasteiger partial charge in [0, 0.05) is 12.6 Å². The molecule has 1 aromatic carbocycles. The summed E-state index contributed by atoms with van der Waals surface area (Å²) in [5.41, 5.74) is 1.74. The van der Waals surface area contributed by atoms with Crippen molar-refractivity contribution in [3.8, 4) is 0 Å². The zero-order chi connectivity index (χ0) is 14.7. The lowest BCUT2D eigenvalue weighted by molar-refractivity contribution is 0.0697. The first-order valence-corrected chi connectivity index (χ1v) is 6.76. The predicted molar refractivity (Wildman–Crippen MR) is 76.9 cm³/mol. The minimum absolute atomic E-state index is 0.240. The summed E-state index contributed by atoms with van der Waals surface area (Å²) in [6, 6.07) is 5.44. The molecule has 0 bridgehead atoms. The highest BCUT2D eigenvalue weighted by atomic mass is 16.4. The number of carboxylic acids is 1. The van der Waals surface area contributed by atoms with E-state index >= 15 is 0 Å². The van der Waals surface area contributed by atoms with Crippen LogP contribution in [0.25, 0.3) is 11.0 Å². The van der Waals surface area contributed by atoms with Crippen LogP contribution in [-0.2, 0) is 6.54 Å². The first kappa shape index (κ1) is 14.5. The molecule has 0 radical (unpaired) electrons. The summed E-state index contributed by atoms with van der Waals surface area (Å²) in [6.45, 7) is 6.10. The van der Waals surface area contributed by atoms with Gasteiger partial charge in [0.25, 0.3) is 0 Å². The summed E-state index contributed by atoms with van der Waals surface area (Å²) >= 11 is 0. The van der Waals surface area contributed by atoms with Crippen LogP contribution in [0.5, 0.6) is 0 Å². The Hall–Kier alpha value is -1.95. The van der Waals surface area contributed by atoms with E-state index in [1.165, 1.54) is 0 Å². The molecule has 0 aliphatic heterocycles. The number of aromatic nitrogens is 3. The maximum absolute atomic E-state index is 10.9. The Morgan fingerprint density at radius 1 is 1.45 bits per heavy atom. The molecule has 0 spiro atoms. The first-order chi connectivity index (χ1) is 9.49. The van der Waals surface area contributed by atoms with E-state index in [1.54, 1.807) is 18.2 Å². The summed E-state index contributed by atoms with van der Waals surface area (Å²) in [5.74, 6) is -0.944. The molecule has 0 saturated carbocycles. The van der Waals surface area contributed by atoms with E-state index in [0.29, 0.717) is 11.6 Å². The van der Waals surface area contributed by atoms with Crippen LogP contribution in [0, 0.1) is 0 Å². The van der Waals surface area contributed by atoms with Gasteiger partial charge in [0.05, 0.1) is 11.1 Å². The smallest absolute Gasteiger partial charge is 0.335 e. The maximum atomic E-state index is 10.9. The van der Waals surface area contributed by atoms with Gasteiger partial charge in [0.2, 0.25) is 0 Å². The molecular weight excluding hydrogens is 256 g/mol. The number of benzene rings is 1. The van der Waals surface area contributed by atoms with Gasteiger partial charge < -0.3 is 10.0 Å². The number of aromatic carboxylic acids is 1. The summed E-state index contributed by atoms with van der Waals surface area (Å²) in [5, 5.41) is 17.1. The second kappa shape index (κ2) is 6.00. The van der Waals surface area contributed by atoms with E-state index in [0.717, 1.165) is 25.0 Å². The third-order valence-corrected chi connectivity index (χ3v) is 3.52. The Morgan fingerprint density at radius 3 is 2.85 bits per heavy atom. The quantitative estimate of drug-likeness (QED) is 0.872. The minimum Gasteiger partial charge on any atom is -0.478 e. The van der Waals surface area contributed by atoms with Gasteiger partial charge in [-0.25, -0.2) is 9.48 Å². The number of hydrogen-bond donors (Lipinski definition) is 1. The number of carbonyl (C=O) groups is 1. The molecule has 0 unspecified atom stereocenters. The molecular formula is C14H20N4O2. The molecule has 0 fully saturated rings. The standard InChI is InChI=1S/C14H20N4O2/c1-10(2)17(3)7-4-8-18-13-6-5-11(14(19)20)9-12(13)15-16-18/h5-6,9-10H,4,7-8H2,1-3H3,(H,19,20). The molecule has 6 nitrogen and oxygen atoms in total. The lowest BCUT2D eigenvalue weighted by Gasteiger charge is -2.20.